The van der Waals surface area contributed by atoms with Crippen molar-refractivity contribution in [2.24, 2.45) is 5.92 Å². The van der Waals surface area contributed by atoms with Crippen LogP contribution >= 0.6 is 0 Å². The molecule has 186 valence electrons. The van der Waals surface area contributed by atoms with Crippen molar-refractivity contribution in [1.29, 1.82) is 0 Å². The minimum absolute atomic E-state index is 0.0327. The second-order valence-electron chi connectivity index (χ2n) is 9.80. The summed E-state index contributed by atoms with van der Waals surface area (Å²) in [7, 11) is -3.18. The molecule has 0 aliphatic carbocycles. The van der Waals surface area contributed by atoms with Crippen molar-refractivity contribution in [2.75, 3.05) is 58.1 Å². The first kappa shape index (κ1) is 26.9. The lowest BCUT2D eigenvalue weighted by Gasteiger charge is -2.35. The summed E-state index contributed by atoms with van der Waals surface area (Å²) in [6.07, 6.45) is 3.31. The van der Waals surface area contributed by atoms with Gasteiger partial charge in [-0.3, -0.25) is 9.69 Å². The van der Waals surface area contributed by atoms with Gasteiger partial charge in [-0.2, -0.15) is 0 Å². The molecule has 0 unspecified atom stereocenters. The molecule has 2 fully saturated rings. The minimum Gasteiger partial charge on any atom is -0.444 e. The molecular formula is C22H42N4O5S. The molecule has 2 aliphatic rings. The Labute approximate surface area is 193 Å². The largest absolute Gasteiger partial charge is 0.444 e. The summed E-state index contributed by atoms with van der Waals surface area (Å²) in [6.45, 7) is 12.9. The van der Waals surface area contributed by atoms with Crippen LogP contribution in [0.3, 0.4) is 0 Å². The van der Waals surface area contributed by atoms with Gasteiger partial charge in [0, 0.05) is 51.7 Å². The van der Waals surface area contributed by atoms with E-state index in [9.17, 15) is 18.0 Å². The lowest BCUT2D eigenvalue weighted by Crippen LogP contribution is -2.50. The Morgan fingerprint density at radius 2 is 1.62 bits per heavy atom. The Balaban J connectivity index is 1.59. The van der Waals surface area contributed by atoms with Gasteiger partial charge in [-0.25, -0.2) is 17.5 Å². The average molecular weight is 475 g/mol. The number of carbonyl (C=O) groups is 2. The first-order chi connectivity index (χ1) is 15.0. The molecular weight excluding hydrogens is 432 g/mol. The zero-order valence-electron chi connectivity index (χ0n) is 20.3. The number of ether oxygens (including phenoxy) is 1. The van der Waals surface area contributed by atoms with Crippen LogP contribution in [0, 0.1) is 5.92 Å². The van der Waals surface area contributed by atoms with Gasteiger partial charge in [0.05, 0.1) is 5.75 Å². The first-order valence-electron chi connectivity index (χ1n) is 12.0. The van der Waals surface area contributed by atoms with Gasteiger partial charge in [0.2, 0.25) is 15.9 Å². The maximum absolute atomic E-state index is 12.5. The Bertz CT molecular complexity index is 706. The third kappa shape index (κ3) is 8.86. The number of carbonyl (C=O) groups excluding carboxylic acids is 2. The van der Waals surface area contributed by atoms with Crippen molar-refractivity contribution in [3.05, 3.63) is 0 Å². The van der Waals surface area contributed by atoms with Crippen LogP contribution in [0.2, 0.25) is 0 Å². The average Bonchev–Trinajstić information content (AvgIpc) is 2.74. The van der Waals surface area contributed by atoms with E-state index in [0.29, 0.717) is 52.0 Å². The van der Waals surface area contributed by atoms with Gasteiger partial charge >= 0.3 is 6.09 Å². The van der Waals surface area contributed by atoms with Crippen molar-refractivity contribution < 1.29 is 22.7 Å². The number of hydrogen-bond donors (Lipinski definition) is 1. The van der Waals surface area contributed by atoms with Gasteiger partial charge < -0.3 is 15.0 Å². The van der Waals surface area contributed by atoms with Gasteiger partial charge in [0.25, 0.3) is 0 Å². The summed E-state index contributed by atoms with van der Waals surface area (Å²) in [6, 6.07) is 0. The number of piperidine rings is 1. The topological polar surface area (TPSA) is 99.3 Å². The zero-order valence-corrected chi connectivity index (χ0v) is 21.1. The van der Waals surface area contributed by atoms with Crippen LogP contribution < -0.4 is 5.32 Å². The van der Waals surface area contributed by atoms with Gasteiger partial charge in [0.15, 0.2) is 0 Å². The maximum atomic E-state index is 12.5. The molecule has 32 heavy (non-hydrogen) atoms. The molecule has 2 rings (SSSR count). The van der Waals surface area contributed by atoms with Crippen LogP contribution in [0.4, 0.5) is 4.79 Å². The van der Waals surface area contributed by atoms with Crippen LogP contribution in [0.15, 0.2) is 0 Å². The molecule has 0 aromatic carbocycles. The number of rotatable bonds is 9. The highest BCUT2D eigenvalue weighted by Crippen LogP contribution is 2.20. The number of sulfonamides is 1. The molecule has 2 amide bonds. The summed E-state index contributed by atoms with van der Waals surface area (Å²) >= 11 is 0. The molecule has 2 heterocycles. The highest BCUT2D eigenvalue weighted by atomic mass is 32.2. The van der Waals surface area contributed by atoms with Gasteiger partial charge in [-0.1, -0.05) is 13.3 Å². The molecule has 0 radical (unpaired) electrons. The maximum Gasteiger partial charge on any atom is 0.410 e. The van der Waals surface area contributed by atoms with E-state index in [2.05, 4.69) is 10.2 Å². The summed E-state index contributed by atoms with van der Waals surface area (Å²) in [5.74, 6) is 0.127. The number of piperazine rings is 1. The van der Waals surface area contributed by atoms with Crippen molar-refractivity contribution in [3.63, 3.8) is 0 Å². The van der Waals surface area contributed by atoms with Crippen molar-refractivity contribution in [1.82, 2.24) is 19.4 Å². The molecule has 0 atom stereocenters. The molecule has 10 heteroatoms. The number of nitrogens with one attached hydrogen (secondary N) is 1. The van der Waals surface area contributed by atoms with Gasteiger partial charge in [-0.05, 0) is 53.0 Å². The Morgan fingerprint density at radius 3 is 2.19 bits per heavy atom. The fourth-order valence-corrected chi connectivity index (χ4v) is 5.67. The van der Waals surface area contributed by atoms with E-state index in [1.54, 1.807) is 9.21 Å². The number of hydrogen-bond acceptors (Lipinski definition) is 6. The Hall–Kier alpha value is -1.39. The predicted molar refractivity (Wildman–Crippen MR) is 125 cm³/mol. The highest BCUT2D eigenvalue weighted by Gasteiger charge is 2.30. The molecule has 0 bridgehead atoms. The SMILES string of the molecule is CCCCS(=O)(=O)N1CCC(C(=O)NCCCN2CCN(C(=O)OC(C)(C)C)CC2)CC1. The molecule has 0 aromatic rings. The van der Waals surface area contributed by atoms with Gasteiger partial charge in [-0.15, -0.1) is 0 Å². The second-order valence-corrected chi connectivity index (χ2v) is 11.9. The predicted octanol–water partition coefficient (Wildman–Crippen LogP) is 1.89. The van der Waals surface area contributed by atoms with Crippen molar-refractivity contribution >= 4 is 22.0 Å². The minimum atomic E-state index is -3.18. The van der Waals surface area contributed by atoms with E-state index in [1.165, 1.54) is 0 Å². The zero-order chi connectivity index (χ0) is 23.8. The van der Waals surface area contributed by atoms with Crippen LogP contribution in [0.5, 0.6) is 0 Å². The summed E-state index contributed by atoms with van der Waals surface area (Å²) in [5, 5.41) is 3.01. The first-order valence-corrected chi connectivity index (χ1v) is 13.6. The van der Waals surface area contributed by atoms with Crippen LogP contribution in [0.25, 0.3) is 0 Å². The molecule has 0 saturated carbocycles. The molecule has 0 spiro atoms. The number of amides is 2. The number of unbranched alkanes of at least 4 members (excludes halogenated alkanes) is 1. The molecule has 2 saturated heterocycles. The standard InChI is InChI=1S/C22H42N4O5S/c1-5-6-18-32(29,30)26-12-8-19(9-13-26)20(27)23-10-7-11-24-14-16-25(17-15-24)21(28)31-22(2,3)4/h19H,5-18H2,1-4H3,(H,23,27). The normalized spacial score (nSPS) is 19.7. The summed E-state index contributed by atoms with van der Waals surface area (Å²) < 4.78 is 31.6. The smallest absolute Gasteiger partial charge is 0.410 e. The lowest BCUT2D eigenvalue weighted by molar-refractivity contribution is -0.126. The van der Waals surface area contributed by atoms with E-state index in [-0.39, 0.29) is 23.7 Å². The molecule has 1 N–H and O–H groups in total. The van der Waals surface area contributed by atoms with Crippen LogP contribution in [0.1, 0.15) is 59.8 Å². The summed E-state index contributed by atoms with van der Waals surface area (Å²) in [4.78, 5) is 28.6. The second kappa shape index (κ2) is 12.2. The fourth-order valence-electron chi connectivity index (χ4n) is 3.99. The van der Waals surface area contributed by atoms with Crippen LogP contribution in [-0.2, 0) is 19.6 Å². The molecule has 2 aliphatic heterocycles. The monoisotopic (exact) mass is 474 g/mol. The van der Waals surface area contributed by atoms with Crippen LogP contribution in [-0.4, -0.2) is 98.2 Å². The summed E-state index contributed by atoms with van der Waals surface area (Å²) in [5.41, 5.74) is -0.480. The fraction of sp³-hybridized carbons (Fsp3) is 0.909. The van der Waals surface area contributed by atoms with E-state index < -0.39 is 15.6 Å². The highest BCUT2D eigenvalue weighted by molar-refractivity contribution is 7.89. The Morgan fingerprint density at radius 1 is 1.00 bits per heavy atom. The van der Waals surface area contributed by atoms with E-state index in [4.69, 9.17) is 4.74 Å². The van der Waals surface area contributed by atoms with Crippen molar-refractivity contribution in [2.45, 2.75) is 65.4 Å². The lowest BCUT2D eigenvalue weighted by atomic mass is 9.97. The van der Waals surface area contributed by atoms with Crippen molar-refractivity contribution in [3.8, 4) is 0 Å². The molecule has 9 nitrogen and oxygen atoms in total. The third-order valence-electron chi connectivity index (χ3n) is 5.95. The quantitative estimate of drug-likeness (QED) is 0.513. The molecule has 0 aromatic heterocycles. The Kier molecular flexibility index (Phi) is 10.2. The van der Waals surface area contributed by atoms with Gasteiger partial charge in [0.1, 0.15) is 5.60 Å². The number of nitrogens with zero attached hydrogens (tertiary/aromatic N) is 3. The van der Waals surface area contributed by atoms with E-state index in [1.807, 2.05) is 27.7 Å². The third-order valence-corrected chi connectivity index (χ3v) is 7.90. The van der Waals surface area contributed by atoms with E-state index in [0.717, 1.165) is 32.5 Å². The van der Waals surface area contributed by atoms with E-state index >= 15 is 0 Å².